The van der Waals surface area contributed by atoms with Gasteiger partial charge in [0.1, 0.15) is 18.5 Å². The molecule has 7 heteroatoms. The van der Waals surface area contributed by atoms with Crippen molar-refractivity contribution in [2.45, 2.75) is 31.5 Å². The molecule has 3 heterocycles. The topological polar surface area (TPSA) is 91.9 Å². The van der Waals surface area contributed by atoms with E-state index in [4.69, 9.17) is 9.47 Å². The van der Waals surface area contributed by atoms with Gasteiger partial charge in [-0.25, -0.2) is 4.79 Å². The summed E-state index contributed by atoms with van der Waals surface area (Å²) >= 11 is 0. The molecule has 7 nitrogen and oxygen atoms in total. The number of rotatable bonds is 1. The Balaban J connectivity index is 1.50. The van der Waals surface area contributed by atoms with Crippen LogP contribution in [-0.2, 0) is 11.2 Å². The van der Waals surface area contributed by atoms with Crippen molar-refractivity contribution in [1.29, 1.82) is 0 Å². The van der Waals surface area contributed by atoms with Crippen LogP contribution in [0.5, 0.6) is 5.75 Å². The molecule has 0 spiro atoms. The molecule has 1 aromatic heterocycles. The van der Waals surface area contributed by atoms with E-state index in [2.05, 4.69) is 4.98 Å². The number of fused-ring (bicyclic) bond motifs is 3. The summed E-state index contributed by atoms with van der Waals surface area (Å²) in [5, 5.41) is 10.4. The molecule has 2 N–H and O–H groups in total. The minimum Gasteiger partial charge on any atom is -0.489 e. The summed E-state index contributed by atoms with van der Waals surface area (Å²) in [7, 11) is 0. The highest BCUT2D eigenvalue weighted by Gasteiger charge is 2.28. The number of nitrogens with one attached hydrogen (secondary N) is 1. The first-order chi connectivity index (χ1) is 12.1. The van der Waals surface area contributed by atoms with Crippen LogP contribution in [0, 0.1) is 0 Å². The minimum absolute atomic E-state index is 0.153. The number of aromatic nitrogens is 1. The summed E-state index contributed by atoms with van der Waals surface area (Å²) in [6, 6.07) is 6.91. The monoisotopic (exact) mass is 344 g/mol. The second-order valence-corrected chi connectivity index (χ2v) is 6.57. The van der Waals surface area contributed by atoms with Crippen molar-refractivity contribution < 1.29 is 19.4 Å². The van der Waals surface area contributed by atoms with E-state index in [1.165, 1.54) is 6.07 Å². The molecular weight excluding hydrogens is 324 g/mol. The van der Waals surface area contributed by atoms with Crippen LogP contribution >= 0.6 is 0 Å². The lowest BCUT2D eigenvalue weighted by Crippen LogP contribution is -2.43. The zero-order valence-corrected chi connectivity index (χ0v) is 13.7. The number of hydrogen-bond donors (Lipinski definition) is 2. The van der Waals surface area contributed by atoms with Crippen LogP contribution in [0.2, 0.25) is 0 Å². The van der Waals surface area contributed by atoms with Gasteiger partial charge < -0.3 is 24.5 Å². The van der Waals surface area contributed by atoms with Gasteiger partial charge in [-0.2, -0.15) is 0 Å². The minimum atomic E-state index is -0.371. The Morgan fingerprint density at radius 3 is 2.84 bits per heavy atom. The highest BCUT2D eigenvalue weighted by atomic mass is 16.6. The van der Waals surface area contributed by atoms with Crippen molar-refractivity contribution in [1.82, 2.24) is 9.88 Å². The summed E-state index contributed by atoms with van der Waals surface area (Å²) in [6.45, 7) is 1.33. The Kier molecular flexibility index (Phi) is 4.09. The molecule has 1 unspecified atom stereocenters. The third-order valence-corrected chi connectivity index (χ3v) is 4.82. The molecule has 1 atom stereocenters. The number of aliphatic hydroxyl groups excluding tert-OH is 1. The van der Waals surface area contributed by atoms with Gasteiger partial charge in [0.05, 0.1) is 6.10 Å². The van der Waals surface area contributed by atoms with E-state index in [9.17, 15) is 14.7 Å². The molecule has 2 aliphatic rings. The maximum absolute atomic E-state index is 12.3. The second kappa shape index (κ2) is 6.40. The molecule has 0 radical (unpaired) electrons. The number of amides is 1. The fourth-order valence-corrected chi connectivity index (χ4v) is 3.43. The van der Waals surface area contributed by atoms with Crippen LogP contribution in [-0.4, -0.2) is 53.0 Å². The van der Waals surface area contributed by atoms with Crippen molar-refractivity contribution in [3.63, 3.8) is 0 Å². The van der Waals surface area contributed by atoms with E-state index >= 15 is 0 Å². The normalized spacial score (nSPS) is 20.8. The summed E-state index contributed by atoms with van der Waals surface area (Å²) in [6.07, 6.45) is 0.638. The number of nitrogens with zero attached hydrogens (tertiary/aromatic N) is 1. The zero-order valence-electron chi connectivity index (χ0n) is 13.7. The van der Waals surface area contributed by atoms with Gasteiger partial charge in [-0.05, 0) is 31.0 Å². The lowest BCUT2D eigenvalue weighted by atomic mass is 9.99. The van der Waals surface area contributed by atoms with Gasteiger partial charge in [0.2, 0.25) is 5.56 Å². The van der Waals surface area contributed by atoms with Gasteiger partial charge in [-0.1, -0.05) is 0 Å². The Hall–Kier alpha value is -2.54. The molecule has 1 aromatic carbocycles. The average molecular weight is 344 g/mol. The molecule has 0 saturated carbocycles. The molecule has 2 aromatic rings. The Labute approximate surface area is 144 Å². The number of ether oxygens (including phenoxy) is 2. The van der Waals surface area contributed by atoms with Gasteiger partial charge in [-0.3, -0.25) is 4.79 Å². The quantitative estimate of drug-likeness (QED) is 0.816. The van der Waals surface area contributed by atoms with Crippen molar-refractivity contribution in [3.05, 3.63) is 40.2 Å². The number of piperidine rings is 1. The third kappa shape index (κ3) is 3.19. The smallest absolute Gasteiger partial charge is 0.410 e. The van der Waals surface area contributed by atoms with Crippen molar-refractivity contribution in [2.75, 3.05) is 19.7 Å². The fraction of sp³-hybridized carbons (Fsp3) is 0.444. The van der Waals surface area contributed by atoms with Crippen LogP contribution in [0.15, 0.2) is 29.1 Å². The van der Waals surface area contributed by atoms with Gasteiger partial charge in [0.25, 0.3) is 0 Å². The maximum atomic E-state index is 12.3. The van der Waals surface area contributed by atoms with Crippen molar-refractivity contribution in [3.8, 4) is 5.75 Å². The summed E-state index contributed by atoms with van der Waals surface area (Å²) in [5.74, 6) is 0.757. The SMILES string of the molecule is O=C(OC1COc2ccc3[nH]c(=O)ccc3c2C1)N1CCC(O)CC1. The lowest BCUT2D eigenvalue weighted by molar-refractivity contribution is 0.0172. The Morgan fingerprint density at radius 2 is 2.04 bits per heavy atom. The van der Waals surface area contributed by atoms with E-state index < -0.39 is 0 Å². The van der Waals surface area contributed by atoms with E-state index in [-0.39, 0.29) is 23.9 Å². The van der Waals surface area contributed by atoms with E-state index in [0.717, 1.165) is 22.2 Å². The summed E-state index contributed by atoms with van der Waals surface area (Å²) < 4.78 is 11.4. The average Bonchev–Trinajstić information content (AvgIpc) is 2.61. The number of aromatic amines is 1. The Bertz CT molecular complexity index is 854. The number of aliphatic hydroxyl groups is 1. The highest BCUT2D eigenvalue weighted by molar-refractivity contribution is 5.84. The molecule has 1 fully saturated rings. The van der Waals surface area contributed by atoms with Crippen LogP contribution in [0.1, 0.15) is 18.4 Å². The van der Waals surface area contributed by atoms with E-state index in [1.54, 1.807) is 11.0 Å². The van der Waals surface area contributed by atoms with Crippen LogP contribution in [0.3, 0.4) is 0 Å². The molecule has 0 aliphatic carbocycles. The molecule has 1 amide bonds. The Morgan fingerprint density at radius 1 is 1.24 bits per heavy atom. The third-order valence-electron chi connectivity index (χ3n) is 4.82. The summed E-state index contributed by atoms with van der Waals surface area (Å²) in [4.78, 5) is 28.2. The van der Waals surface area contributed by atoms with Gasteiger partial charge >= 0.3 is 6.09 Å². The highest BCUT2D eigenvalue weighted by Crippen LogP contribution is 2.31. The van der Waals surface area contributed by atoms with Crippen molar-refractivity contribution >= 4 is 17.0 Å². The first-order valence-electron chi connectivity index (χ1n) is 8.51. The number of carbonyl (C=O) groups is 1. The number of H-pyrrole nitrogens is 1. The number of pyridine rings is 1. The van der Waals surface area contributed by atoms with Gasteiger partial charge in [0.15, 0.2) is 0 Å². The number of hydrogen-bond acceptors (Lipinski definition) is 5. The van der Waals surface area contributed by atoms with Gasteiger partial charge in [0, 0.05) is 42.0 Å². The second-order valence-electron chi connectivity index (χ2n) is 6.57. The number of carbonyl (C=O) groups excluding carboxylic acids is 1. The van der Waals surface area contributed by atoms with Crippen LogP contribution < -0.4 is 10.3 Å². The molecule has 1 saturated heterocycles. The van der Waals surface area contributed by atoms with Crippen molar-refractivity contribution in [2.24, 2.45) is 0 Å². The lowest BCUT2D eigenvalue weighted by Gasteiger charge is -2.32. The first kappa shape index (κ1) is 16.0. The fourth-order valence-electron chi connectivity index (χ4n) is 3.43. The number of likely N-dealkylation sites (tertiary alicyclic amines) is 1. The van der Waals surface area contributed by atoms with Crippen LogP contribution in [0.4, 0.5) is 4.79 Å². The summed E-state index contributed by atoms with van der Waals surface area (Å²) in [5.41, 5.74) is 1.53. The molecule has 2 aliphatic heterocycles. The zero-order chi connectivity index (χ0) is 17.4. The molecular formula is C18H20N2O5. The number of benzene rings is 1. The molecule has 0 bridgehead atoms. The molecule has 132 valence electrons. The molecule has 4 rings (SSSR count). The maximum Gasteiger partial charge on any atom is 0.410 e. The predicted molar refractivity (Wildman–Crippen MR) is 90.9 cm³/mol. The first-order valence-corrected chi connectivity index (χ1v) is 8.51. The van der Waals surface area contributed by atoms with E-state index in [0.29, 0.717) is 39.0 Å². The van der Waals surface area contributed by atoms with Gasteiger partial charge in [-0.15, -0.1) is 0 Å². The van der Waals surface area contributed by atoms with E-state index in [1.807, 2.05) is 12.1 Å². The molecule has 25 heavy (non-hydrogen) atoms. The predicted octanol–water partition coefficient (Wildman–Crippen LogP) is 1.42. The largest absolute Gasteiger partial charge is 0.489 e. The van der Waals surface area contributed by atoms with Crippen LogP contribution in [0.25, 0.3) is 10.9 Å². The standard InChI is InChI=1S/C18H20N2O5/c21-11-5-7-20(8-6-11)18(23)25-12-9-14-13-1-4-17(22)19-15(13)2-3-16(14)24-10-12/h1-4,11-12,21H,5-10H2,(H,19,22).